The molecule has 3 unspecified atom stereocenters. The maximum atomic E-state index is 4.53. The third-order valence-electron chi connectivity index (χ3n) is 4.18. The zero-order valence-corrected chi connectivity index (χ0v) is 13.2. The molecule has 1 aromatic heterocycles. The first kappa shape index (κ1) is 14.8. The molecule has 106 valence electrons. The molecule has 3 nitrogen and oxygen atoms in total. The van der Waals surface area contributed by atoms with E-state index in [0.29, 0.717) is 11.3 Å². The Morgan fingerprint density at radius 2 is 2.16 bits per heavy atom. The van der Waals surface area contributed by atoms with Crippen LogP contribution >= 0.6 is 11.8 Å². The number of rotatable bonds is 4. The second-order valence-corrected chi connectivity index (χ2v) is 7.06. The fourth-order valence-corrected chi connectivity index (χ4v) is 4.21. The van der Waals surface area contributed by atoms with Crippen molar-refractivity contribution in [3.8, 4) is 0 Å². The molecule has 19 heavy (non-hydrogen) atoms. The molecular weight excluding hydrogens is 254 g/mol. The summed E-state index contributed by atoms with van der Waals surface area (Å²) in [5, 5.41) is 4.99. The molecule has 4 heteroatoms. The Bertz CT molecular complexity index is 408. The average molecular weight is 279 g/mol. The van der Waals surface area contributed by atoms with Gasteiger partial charge in [-0.3, -0.25) is 0 Å². The Morgan fingerprint density at radius 3 is 2.79 bits per heavy atom. The Labute approximate surface area is 121 Å². The van der Waals surface area contributed by atoms with Gasteiger partial charge in [-0.05, 0) is 51.1 Å². The standard InChI is InChI=1S/C15H25N3S/c1-10(2)12-5-6-13(16-4)14(9-12)19-15-17-8-7-11(3)18-15/h7-8,10,12-14,16H,5-6,9H2,1-4H3. The lowest BCUT2D eigenvalue weighted by Crippen LogP contribution is -2.41. The van der Waals surface area contributed by atoms with Crippen LogP contribution in [0.2, 0.25) is 0 Å². The van der Waals surface area contributed by atoms with Crippen LogP contribution < -0.4 is 5.32 Å². The number of nitrogens with zero attached hydrogens (tertiary/aromatic N) is 2. The second kappa shape index (κ2) is 6.71. The molecule has 1 aromatic rings. The summed E-state index contributed by atoms with van der Waals surface area (Å²) in [4.78, 5) is 8.93. The summed E-state index contributed by atoms with van der Waals surface area (Å²) in [6, 6.07) is 2.54. The highest BCUT2D eigenvalue weighted by Gasteiger charge is 2.32. The Morgan fingerprint density at radius 1 is 1.37 bits per heavy atom. The molecule has 2 rings (SSSR count). The van der Waals surface area contributed by atoms with Crippen molar-refractivity contribution in [2.45, 2.75) is 56.5 Å². The van der Waals surface area contributed by atoms with Gasteiger partial charge in [0.1, 0.15) is 0 Å². The van der Waals surface area contributed by atoms with Crippen molar-refractivity contribution < 1.29 is 0 Å². The van der Waals surface area contributed by atoms with Crippen molar-refractivity contribution in [3.05, 3.63) is 18.0 Å². The summed E-state index contributed by atoms with van der Waals surface area (Å²) in [6.45, 7) is 6.71. The summed E-state index contributed by atoms with van der Waals surface area (Å²) < 4.78 is 0. The van der Waals surface area contributed by atoms with Crippen molar-refractivity contribution in [3.63, 3.8) is 0 Å². The van der Waals surface area contributed by atoms with E-state index in [1.807, 2.05) is 30.9 Å². The molecule has 1 saturated carbocycles. The fraction of sp³-hybridized carbons (Fsp3) is 0.733. The van der Waals surface area contributed by atoms with Crippen molar-refractivity contribution in [2.24, 2.45) is 11.8 Å². The van der Waals surface area contributed by atoms with Crippen LogP contribution in [0.25, 0.3) is 0 Å². The van der Waals surface area contributed by atoms with Crippen LogP contribution in [0.1, 0.15) is 38.8 Å². The average Bonchev–Trinajstić information content (AvgIpc) is 2.38. The van der Waals surface area contributed by atoms with Gasteiger partial charge in [0.05, 0.1) is 0 Å². The van der Waals surface area contributed by atoms with Gasteiger partial charge in [0, 0.05) is 23.2 Å². The predicted octanol–water partition coefficient (Wildman–Crippen LogP) is 3.29. The van der Waals surface area contributed by atoms with Crippen LogP contribution in [0.4, 0.5) is 0 Å². The maximum Gasteiger partial charge on any atom is 0.188 e. The van der Waals surface area contributed by atoms with E-state index < -0.39 is 0 Å². The molecule has 1 aliphatic rings. The van der Waals surface area contributed by atoms with Gasteiger partial charge in [-0.1, -0.05) is 25.6 Å². The molecule has 3 atom stereocenters. The van der Waals surface area contributed by atoms with Crippen LogP contribution in [0, 0.1) is 18.8 Å². The minimum absolute atomic E-state index is 0.587. The lowest BCUT2D eigenvalue weighted by molar-refractivity contribution is 0.251. The predicted molar refractivity (Wildman–Crippen MR) is 81.4 cm³/mol. The lowest BCUT2D eigenvalue weighted by Gasteiger charge is -2.37. The van der Waals surface area contributed by atoms with E-state index in [1.165, 1.54) is 19.3 Å². The summed E-state index contributed by atoms with van der Waals surface area (Å²) in [6.07, 6.45) is 5.74. The number of aromatic nitrogens is 2. The summed E-state index contributed by atoms with van der Waals surface area (Å²) in [7, 11) is 2.07. The van der Waals surface area contributed by atoms with Crippen molar-refractivity contribution in [1.82, 2.24) is 15.3 Å². The number of thioether (sulfide) groups is 1. The Hall–Kier alpha value is -0.610. The van der Waals surface area contributed by atoms with Gasteiger partial charge in [0.2, 0.25) is 0 Å². The van der Waals surface area contributed by atoms with Crippen LogP contribution in [-0.2, 0) is 0 Å². The Kier molecular flexibility index (Phi) is 5.22. The molecule has 1 fully saturated rings. The lowest BCUT2D eigenvalue weighted by atomic mass is 9.79. The highest BCUT2D eigenvalue weighted by atomic mass is 32.2. The van der Waals surface area contributed by atoms with E-state index in [2.05, 4.69) is 36.2 Å². The molecular formula is C15H25N3S. The highest BCUT2D eigenvalue weighted by molar-refractivity contribution is 7.99. The minimum atomic E-state index is 0.587. The van der Waals surface area contributed by atoms with Gasteiger partial charge in [-0.25, -0.2) is 9.97 Å². The fourth-order valence-electron chi connectivity index (χ4n) is 2.84. The summed E-state index contributed by atoms with van der Waals surface area (Å²) >= 11 is 1.85. The van der Waals surface area contributed by atoms with Gasteiger partial charge in [-0.15, -0.1) is 0 Å². The van der Waals surface area contributed by atoms with Crippen LogP contribution in [-0.4, -0.2) is 28.3 Å². The number of aryl methyl sites for hydroxylation is 1. The molecule has 0 radical (unpaired) electrons. The van der Waals surface area contributed by atoms with E-state index in [-0.39, 0.29) is 0 Å². The zero-order chi connectivity index (χ0) is 13.8. The third kappa shape index (κ3) is 3.93. The van der Waals surface area contributed by atoms with Crippen LogP contribution in [0.5, 0.6) is 0 Å². The van der Waals surface area contributed by atoms with Crippen molar-refractivity contribution in [2.75, 3.05) is 7.05 Å². The largest absolute Gasteiger partial charge is 0.316 e. The van der Waals surface area contributed by atoms with Crippen LogP contribution in [0.3, 0.4) is 0 Å². The summed E-state index contributed by atoms with van der Waals surface area (Å²) in [5.74, 6) is 1.62. The number of hydrogen-bond acceptors (Lipinski definition) is 4. The minimum Gasteiger partial charge on any atom is -0.316 e. The van der Waals surface area contributed by atoms with Crippen molar-refractivity contribution in [1.29, 1.82) is 0 Å². The van der Waals surface area contributed by atoms with Gasteiger partial charge in [0.25, 0.3) is 0 Å². The smallest absolute Gasteiger partial charge is 0.188 e. The van der Waals surface area contributed by atoms with Gasteiger partial charge in [-0.2, -0.15) is 0 Å². The third-order valence-corrected chi connectivity index (χ3v) is 5.41. The van der Waals surface area contributed by atoms with Gasteiger partial charge < -0.3 is 5.32 Å². The zero-order valence-electron chi connectivity index (χ0n) is 12.4. The number of hydrogen-bond donors (Lipinski definition) is 1. The first-order valence-electron chi connectivity index (χ1n) is 7.23. The van der Waals surface area contributed by atoms with E-state index in [9.17, 15) is 0 Å². The molecule has 0 aromatic carbocycles. The molecule has 0 amide bonds. The second-order valence-electron chi connectivity index (χ2n) is 5.85. The Balaban J connectivity index is 2.06. The normalized spacial score (nSPS) is 27.7. The topological polar surface area (TPSA) is 37.8 Å². The van der Waals surface area contributed by atoms with Gasteiger partial charge >= 0.3 is 0 Å². The molecule has 1 aliphatic carbocycles. The van der Waals surface area contributed by atoms with Gasteiger partial charge in [0.15, 0.2) is 5.16 Å². The molecule has 0 saturated heterocycles. The molecule has 1 N–H and O–H groups in total. The SMILES string of the molecule is CNC1CCC(C(C)C)CC1Sc1nccc(C)n1. The van der Waals surface area contributed by atoms with E-state index >= 15 is 0 Å². The quantitative estimate of drug-likeness (QED) is 0.858. The highest BCUT2D eigenvalue weighted by Crippen LogP contribution is 2.38. The van der Waals surface area contributed by atoms with E-state index in [1.54, 1.807) is 0 Å². The molecule has 0 spiro atoms. The molecule has 0 aliphatic heterocycles. The maximum absolute atomic E-state index is 4.53. The monoisotopic (exact) mass is 279 g/mol. The summed E-state index contributed by atoms with van der Waals surface area (Å²) in [5.41, 5.74) is 1.05. The van der Waals surface area contributed by atoms with E-state index in [0.717, 1.165) is 22.7 Å². The van der Waals surface area contributed by atoms with Crippen molar-refractivity contribution >= 4 is 11.8 Å². The first-order chi connectivity index (χ1) is 9.10. The first-order valence-corrected chi connectivity index (χ1v) is 8.11. The number of nitrogens with one attached hydrogen (secondary N) is 1. The molecule has 0 bridgehead atoms. The van der Waals surface area contributed by atoms with E-state index in [4.69, 9.17) is 0 Å². The van der Waals surface area contributed by atoms with Crippen LogP contribution in [0.15, 0.2) is 17.4 Å². The molecule has 1 heterocycles.